The van der Waals surface area contributed by atoms with Crippen molar-refractivity contribution >= 4 is 29.0 Å². The molecule has 28 heavy (non-hydrogen) atoms. The molecule has 2 amide bonds. The van der Waals surface area contributed by atoms with Gasteiger partial charge in [-0.1, -0.05) is 17.7 Å². The van der Waals surface area contributed by atoms with Crippen LogP contribution < -0.4 is 15.4 Å². The molecule has 0 fully saturated rings. The van der Waals surface area contributed by atoms with E-state index >= 15 is 0 Å². The molecule has 0 aliphatic carbocycles. The highest BCUT2D eigenvalue weighted by atomic mass is 35.5. The third kappa shape index (κ3) is 5.14. The van der Waals surface area contributed by atoms with Crippen molar-refractivity contribution in [2.24, 2.45) is 0 Å². The molecule has 0 saturated carbocycles. The Morgan fingerprint density at radius 2 is 1.64 bits per heavy atom. The summed E-state index contributed by atoms with van der Waals surface area (Å²) < 4.78 is 43.8. The number of halogens is 4. The van der Waals surface area contributed by atoms with Crippen LogP contribution in [0.1, 0.15) is 5.56 Å². The van der Waals surface area contributed by atoms with E-state index in [9.17, 15) is 18.0 Å². The van der Waals surface area contributed by atoms with Crippen molar-refractivity contribution in [2.75, 3.05) is 10.6 Å². The Bertz CT molecular complexity index is 982. The maximum atomic E-state index is 12.7. The zero-order valence-electron chi connectivity index (χ0n) is 14.1. The Balaban J connectivity index is 1.65. The molecule has 0 aliphatic rings. The van der Waals surface area contributed by atoms with Gasteiger partial charge in [-0.15, -0.1) is 0 Å². The molecule has 2 N–H and O–H groups in total. The summed E-state index contributed by atoms with van der Waals surface area (Å²) in [7, 11) is 0. The fraction of sp³-hybridized carbons (Fsp3) is 0.0526. The topological polar surface area (TPSA) is 63.2 Å². The van der Waals surface area contributed by atoms with Crippen molar-refractivity contribution in [3.63, 3.8) is 0 Å². The van der Waals surface area contributed by atoms with Gasteiger partial charge < -0.3 is 15.4 Å². The van der Waals surface area contributed by atoms with Gasteiger partial charge in [0.2, 0.25) is 0 Å². The van der Waals surface area contributed by atoms with Gasteiger partial charge in [-0.25, -0.2) is 4.79 Å². The number of nitrogens with zero attached hydrogens (tertiary/aromatic N) is 1. The van der Waals surface area contributed by atoms with Gasteiger partial charge in [0.15, 0.2) is 0 Å². The molecule has 0 spiro atoms. The molecule has 0 aliphatic heterocycles. The van der Waals surface area contributed by atoms with Gasteiger partial charge in [0, 0.05) is 23.8 Å². The quantitative estimate of drug-likeness (QED) is 0.542. The summed E-state index contributed by atoms with van der Waals surface area (Å²) in [4.78, 5) is 15.9. The number of hydrogen-bond donors (Lipinski definition) is 2. The van der Waals surface area contributed by atoms with E-state index in [1.165, 1.54) is 18.2 Å². The van der Waals surface area contributed by atoms with E-state index in [2.05, 4.69) is 15.6 Å². The zero-order chi connectivity index (χ0) is 20.1. The smallest absolute Gasteiger partial charge is 0.416 e. The lowest BCUT2D eigenvalue weighted by molar-refractivity contribution is -0.137. The fourth-order valence-corrected chi connectivity index (χ4v) is 2.48. The number of amides is 2. The minimum absolute atomic E-state index is 0.0102. The normalized spacial score (nSPS) is 11.0. The molecule has 3 aromatic rings. The van der Waals surface area contributed by atoms with Crippen LogP contribution in [0.4, 0.5) is 29.3 Å². The van der Waals surface area contributed by atoms with Gasteiger partial charge >= 0.3 is 12.2 Å². The number of alkyl halides is 3. The van der Waals surface area contributed by atoms with E-state index in [1.807, 2.05) is 0 Å². The number of rotatable bonds is 4. The zero-order valence-corrected chi connectivity index (χ0v) is 14.9. The summed E-state index contributed by atoms with van der Waals surface area (Å²) in [5, 5.41) is 5.09. The molecular weight excluding hydrogens is 395 g/mol. The second kappa shape index (κ2) is 8.18. The largest absolute Gasteiger partial charge is 0.456 e. The monoisotopic (exact) mass is 407 g/mol. The number of benzene rings is 2. The molecule has 0 bridgehead atoms. The van der Waals surface area contributed by atoms with Crippen LogP contribution in [0.2, 0.25) is 5.02 Å². The summed E-state index contributed by atoms with van der Waals surface area (Å²) in [6.07, 6.45) is -1.36. The van der Waals surface area contributed by atoms with Crippen LogP contribution in [-0.2, 0) is 6.18 Å². The Morgan fingerprint density at radius 1 is 0.964 bits per heavy atom. The average Bonchev–Trinajstić information content (AvgIpc) is 2.64. The lowest BCUT2D eigenvalue weighted by Gasteiger charge is -2.12. The molecule has 3 rings (SSSR count). The number of aromatic nitrogens is 1. The maximum absolute atomic E-state index is 12.7. The summed E-state index contributed by atoms with van der Waals surface area (Å²) in [6, 6.07) is 11.5. The number of nitrogens with one attached hydrogen (secondary N) is 2. The standard InChI is InChI=1S/C19H13ClF3N3O2/c20-16-11-14(4-5-17(16)28-15-6-8-24-9-7-15)26-18(27)25-13-3-1-2-12(10-13)19(21,22)23/h1-11H,(H2,25,26,27). The Labute approximate surface area is 163 Å². The fourth-order valence-electron chi connectivity index (χ4n) is 2.26. The van der Waals surface area contributed by atoms with E-state index in [-0.39, 0.29) is 10.7 Å². The van der Waals surface area contributed by atoms with Crippen LogP contribution in [0, 0.1) is 0 Å². The molecule has 0 atom stereocenters. The molecular formula is C19H13ClF3N3O2. The molecule has 144 valence electrons. The van der Waals surface area contributed by atoms with Crippen LogP contribution in [-0.4, -0.2) is 11.0 Å². The third-order valence-corrected chi connectivity index (χ3v) is 3.81. The molecule has 0 unspecified atom stereocenters. The van der Waals surface area contributed by atoms with Crippen molar-refractivity contribution in [2.45, 2.75) is 6.18 Å². The summed E-state index contributed by atoms with van der Waals surface area (Å²) in [6.45, 7) is 0. The van der Waals surface area contributed by atoms with E-state index in [4.69, 9.17) is 16.3 Å². The molecule has 0 radical (unpaired) electrons. The van der Waals surface area contributed by atoms with Crippen LogP contribution in [0.3, 0.4) is 0 Å². The molecule has 0 saturated heterocycles. The first kappa shape index (κ1) is 19.5. The first-order valence-electron chi connectivity index (χ1n) is 7.94. The molecule has 2 aromatic carbocycles. The number of anilines is 2. The lowest BCUT2D eigenvalue weighted by atomic mass is 10.2. The Morgan fingerprint density at radius 3 is 2.29 bits per heavy atom. The van der Waals surface area contributed by atoms with Gasteiger partial charge in [-0.2, -0.15) is 13.2 Å². The van der Waals surface area contributed by atoms with Crippen molar-refractivity contribution in [3.8, 4) is 11.5 Å². The van der Waals surface area contributed by atoms with Crippen LogP contribution in [0.15, 0.2) is 67.0 Å². The average molecular weight is 408 g/mol. The predicted octanol–water partition coefficient (Wildman–Crippen LogP) is 6.19. The van der Waals surface area contributed by atoms with Crippen LogP contribution in [0.25, 0.3) is 0 Å². The maximum Gasteiger partial charge on any atom is 0.416 e. The summed E-state index contributed by atoms with van der Waals surface area (Å²) >= 11 is 6.16. The Kier molecular flexibility index (Phi) is 5.70. The van der Waals surface area contributed by atoms with E-state index in [1.54, 1.807) is 36.7 Å². The third-order valence-electron chi connectivity index (χ3n) is 3.52. The highest BCUT2D eigenvalue weighted by Crippen LogP contribution is 2.32. The van der Waals surface area contributed by atoms with E-state index in [0.717, 1.165) is 12.1 Å². The number of carbonyl (C=O) groups excluding carboxylic acids is 1. The SMILES string of the molecule is O=C(Nc1cccc(C(F)(F)F)c1)Nc1ccc(Oc2ccncc2)c(Cl)c1. The predicted molar refractivity (Wildman–Crippen MR) is 99.8 cm³/mol. The van der Waals surface area contributed by atoms with E-state index in [0.29, 0.717) is 17.2 Å². The van der Waals surface area contributed by atoms with Crippen molar-refractivity contribution in [1.82, 2.24) is 4.98 Å². The minimum atomic E-state index is -4.49. The summed E-state index contributed by atoms with van der Waals surface area (Å²) in [5.74, 6) is 0.914. The highest BCUT2D eigenvalue weighted by Gasteiger charge is 2.30. The van der Waals surface area contributed by atoms with Crippen molar-refractivity contribution < 1.29 is 22.7 Å². The van der Waals surface area contributed by atoms with Gasteiger partial charge in [-0.3, -0.25) is 4.98 Å². The number of carbonyl (C=O) groups is 1. The number of ether oxygens (including phenoxy) is 1. The van der Waals surface area contributed by atoms with Crippen molar-refractivity contribution in [3.05, 3.63) is 77.6 Å². The van der Waals surface area contributed by atoms with Gasteiger partial charge in [0.25, 0.3) is 0 Å². The molecule has 9 heteroatoms. The van der Waals surface area contributed by atoms with Gasteiger partial charge in [-0.05, 0) is 48.5 Å². The lowest BCUT2D eigenvalue weighted by Crippen LogP contribution is -2.19. The summed E-state index contributed by atoms with van der Waals surface area (Å²) in [5.41, 5.74) is -0.501. The highest BCUT2D eigenvalue weighted by molar-refractivity contribution is 6.32. The minimum Gasteiger partial charge on any atom is -0.456 e. The van der Waals surface area contributed by atoms with Crippen LogP contribution >= 0.6 is 11.6 Å². The Hall–Kier alpha value is -3.26. The van der Waals surface area contributed by atoms with E-state index < -0.39 is 17.8 Å². The molecule has 5 nitrogen and oxygen atoms in total. The van der Waals surface area contributed by atoms with Crippen LogP contribution in [0.5, 0.6) is 11.5 Å². The first-order valence-corrected chi connectivity index (χ1v) is 8.32. The number of urea groups is 1. The second-order valence-corrected chi connectivity index (χ2v) is 6.00. The number of hydrogen-bond acceptors (Lipinski definition) is 3. The second-order valence-electron chi connectivity index (χ2n) is 5.59. The molecule has 1 aromatic heterocycles. The first-order chi connectivity index (χ1) is 13.3. The van der Waals surface area contributed by atoms with Crippen molar-refractivity contribution in [1.29, 1.82) is 0 Å². The molecule has 1 heterocycles. The van der Waals surface area contributed by atoms with Gasteiger partial charge in [0.1, 0.15) is 11.5 Å². The number of pyridine rings is 1. The van der Waals surface area contributed by atoms with Gasteiger partial charge in [0.05, 0.1) is 10.6 Å².